The summed E-state index contributed by atoms with van der Waals surface area (Å²) in [5.74, 6) is 1.62. The molecule has 0 fully saturated rings. The van der Waals surface area contributed by atoms with E-state index in [4.69, 9.17) is 24.8 Å². The van der Waals surface area contributed by atoms with E-state index in [1.165, 1.54) is 56.9 Å². The molecule has 3 rings (SSSR count). The summed E-state index contributed by atoms with van der Waals surface area (Å²) in [5, 5.41) is 37.7. The zero-order chi connectivity index (χ0) is 34.6. The molecule has 7 nitrogen and oxygen atoms in total. The molecule has 2 unspecified atom stereocenters. The van der Waals surface area contributed by atoms with Crippen molar-refractivity contribution in [3.05, 3.63) is 39.9 Å². The van der Waals surface area contributed by atoms with Crippen LogP contribution in [0.1, 0.15) is 145 Å². The summed E-state index contributed by atoms with van der Waals surface area (Å²) in [5.41, 5.74) is 4.23. The fourth-order valence-corrected chi connectivity index (χ4v) is 6.27. The summed E-state index contributed by atoms with van der Waals surface area (Å²) < 4.78 is 11.4. The largest absolute Gasteiger partial charge is 0.507 e. The summed E-state index contributed by atoms with van der Waals surface area (Å²) in [6.07, 6.45) is 14.7. The van der Waals surface area contributed by atoms with Gasteiger partial charge in [0.2, 0.25) is 0 Å². The fourth-order valence-electron chi connectivity index (χ4n) is 6.27. The van der Waals surface area contributed by atoms with Crippen molar-refractivity contribution in [3.63, 3.8) is 0 Å². The molecule has 0 saturated heterocycles. The lowest BCUT2D eigenvalue weighted by Crippen LogP contribution is -2.37. The van der Waals surface area contributed by atoms with Crippen molar-refractivity contribution in [1.82, 2.24) is 0 Å². The SMILES string of the molecule is CCCOC(=O)c1cc(O)c(O)c(O)c1.Cc1c(C)c2c(c(C)c1O)CC[C@@](C)(CCCC(C)CCCC(C)CCCC(C)C)O2. The van der Waals surface area contributed by atoms with Gasteiger partial charge in [0.25, 0.3) is 0 Å². The highest BCUT2D eigenvalue weighted by Crippen LogP contribution is 2.44. The molecule has 0 bridgehead atoms. The summed E-state index contributed by atoms with van der Waals surface area (Å²) in [6, 6.07) is 2.07. The molecule has 7 heteroatoms. The fraction of sp³-hybridized carbons (Fsp3) is 0.667. The number of hydrogen-bond donors (Lipinski definition) is 4. The van der Waals surface area contributed by atoms with Crippen molar-refractivity contribution in [2.75, 3.05) is 6.61 Å². The number of aromatic hydroxyl groups is 4. The molecule has 260 valence electrons. The van der Waals surface area contributed by atoms with Gasteiger partial charge in [-0.3, -0.25) is 0 Å². The van der Waals surface area contributed by atoms with Crippen LogP contribution in [0, 0.1) is 38.5 Å². The van der Waals surface area contributed by atoms with Crippen LogP contribution in [0.3, 0.4) is 0 Å². The maximum absolute atomic E-state index is 11.3. The van der Waals surface area contributed by atoms with E-state index in [2.05, 4.69) is 41.5 Å². The summed E-state index contributed by atoms with van der Waals surface area (Å²) in [4.78, 5) is 11.3. The third-order valence-corrected chi connectivity index (χ3v) is 9.61. The van der Waals surface area contributed by atoms with E-state index < -0.39 is 23.2 Å². The van der Waals surface area contributed by atoms with E-state index >= 15 is 0 Å². The standard InChI is InChI=1S/C29H50O2.C10H12O5/c1-20(2)12-9-13-21(3)14-10-15-22(4)16-11-18-29(8)19-17-26-25(7)27(30)23(5)24(6)28(26)31-29;1-2-3-15-10(14)6-4-7(11)9(13)8(12)5-6/h20-22,30H,9-19H2,1-8H3;4-5,11-13H,2-3H2,1H3/t21?,22?,29-;/m1./s1. The van der Waals surface area contributed by atoms with Crippen molar-refractivity contribution in [2.45, 2.75) is 145 Å². The van der Waals surface area contributed by atoms with Gasteiger partial charge in [-0.15, -0.1) is 0 Å². The van der Waals surface area contributed by atoms with Gasteiger partial charge in [-0.2, -0.15) is 0 Å². The Morgan fingerprint density at radius 2 is 1.37 bits per heavy atom. The molecule has 0 radical (unpaired) electrons. The van der Waals surface area contributed by atoms with E-state index in [9.17, 15) is 9.90 Å². The van der Waals surface area contributed by atoms with Crippen LogP contribution >= 0.6 is 0 Å². The van der Waals surface area contributed by atoms with Crippen LogP contribution in [-0.4, -0.2) is 38.6 Å². The zero-order valence-corrected chi connectivity index (χ0v) is 30.1. The number of carbonyl (C=O) groups is 1. The van der Waals surface area contributed by atoms with E-state index in [0.29, 0.717) is 12.2 Å². The molecular formula is C39H62O7. The van der Waals surface area contributed by atoms with E-state index in [0.717, 1.165) is 71.6 Å². The highest BCUT2D eigenvalue weighted by atomic mass is 16.5. The summed E-state index contributed by atoms with van der Waals surface area (Å²) in [6.45, 7) is 20.1. The van der Waals surface area contributed by atoms with Gasteiger partial charge in [-0.25, -0.2) is 4.79 Å². The first-order valence-corrected chi connectivity index (χ1v) is 17.5. The minimum atomic E-state index is -0.651. The van der Waals surface area contributed by atoms with Gasteiger partial charge in [-0.1, -0.05) is 79.6 Å². The molecule has 0 amide bonds. The van der Waals surface area contributed by atoms with Crippen LogP contribution in [0.15, 0.2) is 12.1 Å². The topological polar surface area (TPSA) is 116 Å². The molecule has 2 aromatic rings. The lowest BCUT2D eigenvalue weighted by Gasteiger charge is -2.38. The number of ether oxygens (including phenoxy) is 2. The van der Waals surface area contributed by atoms with Crippen LogP contribution in [-0.2, 0) is 11.2 Å². The van der Waals surface area contributed by atoms with Gasteiger partial charge in [0, 0.05) is 5.56 Å². The number of benzene rings is 2. The predicted octanol–water partition coefficient (Wildman–Crippen LogP) is 10.2. The number of rotatable bonds is 15. The van der Waals surface area contributed by atoms with Gasteiger partial charge < -0.3 is 29.9 Å². The number of hydrogen-bond acceptors (Lipinski definition) is 7. The average Bonchev–Trinajstić information content (AvgIpc) is 3.00. The Labute approximate surface area is 278 Å². The average molecular weight is 643 g/mol. The number of phenols is 4. The maximum Gasteiger partial charge on any atom is 0.338 e. The third kappa shape index (κ3) is 11.6. The molecule has 0 spiro atoms. The molecule has 0 aliphatic carbocycles. The highest BCUT2D eigenvalue weighted by Gasteiger charge is 2.34. The number of fused-ring (bicyclic) bond motifs is 1. The third-order valence-electron chi connectivity index (χ3n) is 9.61. The Bertz CT molecular complexity index is 1240. The van der Waals surface area contributed by atoms with Crippen molar-refractivity contribution in [1.29, 1.82) is 0 Å². The first-order chi connectivity index (χ1) is 21.6. The molecule has 1 heterocycles. The molecule has 46 heavy (non-hydrogen) atoms. The van der Waals surface area contributed by atoms with Gasteiger partial charge >= 0.3 is 5.97 Å². The molecule has 0 saturated carbocycles. The zero-order valence-electron chi connectivity index (χ0n) is 30.1. The normalized spacial score (nSPS) is 17.0. The molecule has 1 aliphatic heterocycles. The molecule has 1 aliphatic rings. The minimum absolute atomic E-state index is 0.00347. The second-order valence-electron chi connectivity index (χ2n) is 14.4. The lowest BCUT2D eigenvalue weighted by atomic mass is 9.84. The van der Waals surface area contributed by atoms with Gasteiger partial charge in [-0.05, 0) is 106 Å². The van der Waals surface area contributed by atoms with E-state index in [-0.39, 0.29) is 17.8 Å². The molecule has 2 aromatic carbocycles. The molecule has 4 N–H and O–H groups in total. The predicted molar refractivity (Wildman–Crippen MR) is 186 cm³/mol. The van der Waals surface area contributed by atoms with Crippen molar-refractivity contribution in [2.24, 2.45) is 17.8 Å². The first-order valence-electron chi connectivity index (χ1n) is 17.5. The van der Waals surface area contributed by atoms with Crippen molar-refractivity contribution >= 4 is 5.97 Å². The Morgan fingerprint density at radius 1 is 0.826 bits per heavy atom. The monoisotopic (exact) mass is 642 g/mol. The van der Waals surface area contributed by atoms with Gasteiger partial charge in [0.15, 0.2) is 17.2 Å². The smallest absolute Gasteiger partial charge is 0.338 e. The quantitative estimate of drug-likeness (QED) is 0.113. The minimum Gasteiger partial charge on any atom is -0.507 e. The number of carbonyl (C=O) groups excluding carboxylic acids is 1. The first kappa shape index (κ1) is 39.1. The summed E-state index contributed by atoms with van der Waals surface area (Å²) >= 11 is 0. The van der Waals surface area contributed by atoms with Crippen LogP contribution in [0.2, 0.25) is 0 Å². The molecule has 0 aromatic heterocycles. The van der Waals surface area contributed by atoms with Crippen LogP contribution in [0.4, 0.5) is 0 Å². The maximum atomic E-state index is 11.3. The van der Waals surface area contributed by atoms with Crippen molar-refractivity contribution in [3.8, 4) is 28.7 Å². The molecule has 3 atom stereocenters. The lowest BCUT2D eigenvalue weighted by molar-refractivity contribution is 0.0501. The number of phenolic OH excluding ortho intramolecular Hbond substituents is 4. The summed E-state index contributed by atoms with van der Waals surface area (Å²) in [7, 11) is 0. The van der Waals surface area contributed by atoms with Gasteiger partial charge in [0.05, 0.1) is 12.2 Å². The highest BCUT2D eigenvalue weighted by molar-refractivity contribution is 5.91. The second-order valence-corrected chi connectivity index (χ2v) is 14.4. The molecular weight excluding hydrogens is 580 g/mol. The van der Waals surface area contributed by atoms with Crippen LogP contribution in [0.5, 0.6) is 28.7 Å². The van der Waals surface area contributed by atoms with Crippen LogP contribution in [0.25, 0.3) is 0 Å². The number of esters is 1. The Balaban J connectivity index is 0.000000410. The Kier molecular flexibility index (Phi) is 15.6. The van der Waals surface area contributed by atoms with Crippen molar-refractivity contribution < 1.29 is 34.7 Å². The Hall–Kier alpha value is -3.09. The van der Waals surface area contributed by atoms with E-state index in [1.54, 1.807) is 0 Å². The van der Waals surface area contributed by atoms with Gasteiger partial charge in [0.1, 0.15) is 17.1 Å². The van der Waals surface area contributed by atoms with E-state index in [1.807, 2.05) is 20.8 Å². The second kappa shape index (κ2) is 18.3. The van der Waals surface area contributed by atoms with Crippen LogP contribution < -0.4 is 4.74 Å². The Morgan fingerprint density at radius 3 is 1.91 bits per heavy atom.